The molecule has 1 amide bonds. The molecule has 0 unspecified atom stereocenters. The molecule has 5 aromatic carbocycles. The van der Waals surface area contributed by atoms with Crippen molar-refractivity contribution in [2.45, 2.75) is 43.8 Å². The molecule has 0 aliphatic carbocycles. The summed E-state index contributed by atoms with van der Waals surface area (Å²) in [5.74, 6) is -0.548. The topological polar surface area (TPSA) is 40.6 Å². The molecule has 0 saturated carbocycles. The summed E-state index contributed by atoms with van der Waals surface area (Å²) in [7, 11) is 0. The van der Waals surface area contributed by atoms with Crippen LogP contribution in [0.15, 0.2) is 146 Å². The van der Waals surface area contributed by atoms with Crippen molar-refractivity contribution in [3.05, 3.63) is 179 Å². The third kappa shape index (κ3) is 6.81. The largest absolute Gasteiger partial charge is 0.320 e. The number of Topliss-reactive ketones (excluding diaryl/α,β-unsaturated/α-hetero) is 1. The van der Waals surface area contributed by atoms with Crippen LogP contribution in [0.3, 0.4) is 0 Å². The molecule has 1 heterocycles. The number of halogens is 1. The number of alkyl halides is 1. The Balaban J connectivity index is 1.43. The zero-order valence-electron chi connectivity index (χ0n) is 27.0. The van der Waals surface area contributed by atoms with E-state index in [2.05, 4.69) is 102 Å². The lowest BCUT2D eigenvalue weighted by molar-refractivity contribution is -0.164. The Bertz CT molecular complexity index is 1680. The van der Waals surface area contributed by atoms with Gasteiger partial charge >= 0.3 is 0 Å². The van der Waals surface area contributed by atoms with E-state index in [-0.39, 0.29) is 42.0 Å². The van der Waals surface area contributed by atoms with Gasteiger partial charge in [-0.3, -0.25) is 14.5 Å². The van der Waals surface area contributed by atoms with Gasteiger partial charge in [0.2, 0.25) is 5.91 Å². The van der Waals surface area contributed by atoms with Crippen molar-refractivity contribution in [3.8, 4) is 0 Å². The first-order valence-electron chi connectivity index (χ1n) is 16.3. The quantitative estimate of drug-likeness (QED) is 0.128. The highest BCUT2D eigenvalue weighted by Gasteiger charge is 2.57. The maximum Gasteiger partial charge on any atom is 0.238 e. The van der Waals surface area contributed by atoms with Crippen LogP contribution in [-0.2, 0) is 9.59 Å². The summed E-state index contributed by atoms with van der Waals surface area (Å²) in [4.78, 5) is 33.3. The van der Waals surface area contributed by atoms with E-state index in [0.29, 0.717) is 13.1 Å². The molecular weight excluding hydrogens is 600 g/mol. The molecule has 1 atom stereocenters. The van der Waals surface area contributed by atoms with Crippen LogP contribution in [0.4, 0.5) is 0 Å². The van der Waals surface area contributed by atoms with Crippen LogP contribution in [0.5, 0.6) is 0 Å². The van der Waals surface area contributed by atoms with Gasteiger partial charge in [-0.2, -0.15) is 0 Å². The van der Waals surface area contributed by atoms with Gasteiger partial charge in [-0.15, -0.1) is 11.6 Å². The van der Waals surface area contributed by atoms with Gasteiger partial charge in [0.15, 0.2) is 5.78 Å². The lowest BCUT2D eigenvalue weighted by Gasteiger charge is -2.58. The standard InChI is InChI=1S/C42H41ClN2O2/c1-31-23-25-33(26-24-31)32(2)45(40(47)28-43)42(39(46)27-38(34-15-7-3-8-16-34)35-17-9-4-10-18-35)29-44(30-42)41(36-19-11-5-12-20-36)37-21-13-6-14-22-37/h3-26,32,38,41H,27-30H2,1-2H3/t32-/m0/s1. The highest BCUT2D eigenvalue weighted by atomic mass is 35.5. The fourth-order valence-corrected chi connectivity index (χ4v) is 7.34. The van der Waals surface area contributed by atoms with Crippen LogP contribution < -0.4 is 0 Å². The maximum atomic E-state index is 15.1. The molecule has 1 aliphatic rings. The first-order valence-corrected chi connectivity index (χ1v) is 16.9. The number of hydrogen-bond acceptors (Lipinski definition) is 3. The Kier molecular flexibility index (Phi) is 10.0. The normalized spacial score (nSPS) is 14.8. The summed E-state index contributed by atoms with van der Waals surface area (Å²) in [6.45, 7) is 4.86. The monoisotopic (exact) mass is 640 g/mol. The Morgan fingerprint density at radius 3 is 1.51 bits per heavy atom. The summed E-state index contributed by atoms with van der Waals surface area (Å²) < 4.78 is 0. The van der Waals surface area contributed by atoms with Crippen molar-refractivity contribution in [2.75, 3.05) is 19.0 Å². The summed E-state index contributed by atoms with van der Waals surface area (Å²) in [5.41, 5.74) is 5.49. The molecule has 1 saturated heterocycles. The number of likely N-dealkylation sites (tertiary alicyclic amines) is 1. The van der Waals surface area contributed by atoms with Gasteiger partial charge in [-0.25, -0.2) is 0 Å². The number of amides is 1. The molecule has 47 heavy (non-hydrogen) atoms. The fourth-order valence-electron chi connectivity index (χ4n) is 7.21. The number of benzene rings is 5. The molecule has 5 aromatic rings. The molecular formula is C42H41ClN2O2. The number of rotatable bonds is 12. The second-order valence-electron chi connectivity index (χ2n) is 12.6. The zero-order chi connectivity index (χ0) is 32.8. The van der Waals surface area contributed by atoms with Gasteiger partial charge < -0.3 is 4.90 Å². The molecule has 1 aliphatic heterocycles. The van der Waals surface area contributed by atoms with Crippen molar-refractivity contribution in [1.82, 2.24) is 9.80 Å². The van der Waals surface area contributed by atoms with Crippen LogP contribution in [0.1, 0.15) is 64.7 Å². The third-order valence-corrected chi connectivity index (χ3v) is 9.86. The van der Waals surface area contributed by atoms with E-state index in [1.54, 1.807) is 0 Å². The highest BCUT2D eigenvalue weighted by molar-refractivity contribution is 6.27. The Hall–Kier alpha value is -4.51. The molecule has 4 nitrogen and oxygen atoms in total. The molecule has 0 spiro atoms. The van der Waals surface area contributed by atoms with Crippen molar-refractivity contribution in [3.63, 3.8) is 0 Å². The van der Waals surface area contributed by atoms with Crippen LogP contribution in [-0.4, -0.2) is 46.0 Å². The molecule has 0 radical (unpaired) electrons. The maximum absolute atomic E-state index is 15.1. The van der Waals surface area contributed by atoms with Gasteiger partial charge in [0.25, 0.3) is 0 Å². The number of hydrogen-bond donors (Lipinski definition) is 0. The van der Waals surface area contributed by atoms with E-state index in [9.17, 15) is 4.79 Å². The minimum Gasteiger partial charge on any atom is -0.320 e. The fraction of sp³-hybridized carbons (Fsp3) is 0.238. The number of nitrogens with zero attached hydrogens (tertiary/aromatic N) is 2. The number of ketones is 1. The van der Waals surface area contributed by atoms with Gasteiger partial charge in [0.1, 0.15) is 11.4 Å². The van der Waals surface area contributed by atoms with Gasteiger partial charge in [-0.1, -0.05) is 151 Å². The highest BCUT2D eigenvalue weighted by Crippen LogP contribution is 2.44. The molecule has 0 aromatic heterocycles. The summed E-state index contributed by atoms with van der Waals surface area (Å²) in [6, 6.07) is 49.0. The van der Waals surface area contributed by atoms with Gasteiger partial charge in [0, 0.05) is 25.4 Å². The summed E-state index contributed by atoms with van der Waals surface area (Å²) >= 11 is 6.37. The number of carbonyl (C=O) groups is 2. The van der Waals surface area contributed by atoms with E-state index in [0.717, 1.165) is 33.4 Å². The Labute approximate surface area is 283 Å². The van der Waals surface area contributed by atoms with Crippen LogP contribution in [0.25, 0.3) is 0 Å². The van der Waals surface area contributed by atoms with E-state index in [4.69, 9.17) is 11.6 Å². The minimum atomic E-state index is -1.07. The first-order chi connectivity index (χ1) is 22.9. The van der Waals surface area contributed by atoms with E-state index in [1.165, 1.54) is 0 Å². The van der Waals surface area contributed by atoms with Crippen molar-refractivity contribution >= 4 is 23.3 Å². The smallest absolute Gasteiger partial charge is 0.238 e. The van der Waals surface area contributed by atoms with Crippen LogP contribution >= 0.6 is 11.6 Å². The van der Waals surface area contributed by atoms with Crippen molar-refractivity contribution < 1.29 is 9.59 Å². The summed E-state index contributed by atoms with van der Waals surface area (Å²) in [6.07, 6.45) is 0.260. The van der Waals surface area contributed by atoms with E-state index < -0.39 is 5.54 Å². The SMILES string of the molecule is Cc1ccc([C@H](C)N(C(=O)CCl)C2(C(=O)CC(c3ccccc3)c3ccccc3)CN(C(c3ccccc3)c3ccccc3)C2)cc1. The second-order valence-corrected chi connectivity index (χ2v) is 12.9. The predicted octanol–water partition coefficient (Wildman–Crippen LogP) is 8.76. The lowest BCUT2D eigenvalue weighted by atomic mass is 9.74. The van der Waals surface area contributed by atoms with Gasteiger partial charge in [0.05, 0.1) is 12.1 Å². The summed E-state index contributed by atoms with van der Waals surface area (Å²) in [5, 5.41) is 0. The average molecular weight is 641 g/mol. The van der Waals surface area contributed by atoms with Crippen molar-refractivity contribution in [1.29, 1.82) is 0 Å². The molecule has 1 fully saturated rings. The molecule has 5 heteroatoms. The lowest BCUT2D eigenvalue weighted by Crippen LogP contribution is -2.75. The molecule has 6 rings (SSSR count). The third-order valence-electron chi connectivity index (χ3n) is 9.63. The zero-order valence-corrected chi connectivity index (χ0v) is 27.8. The predicted molar refractivity (Wildman–Crippen MR) is 191 cm³/mol. The molecule has 0 N–H and O–H groups in total. The average Bonchev–Trinajstić information content (AvgIpc) is 3.11. The molecule has 238 valence electrons. The van der Waals surface area contributed by atoms with Gasteiger partial charge in [-0.05, 0) is 41.7 Å². The molecule has 0 bridgehead atoms. The Morgan fingerprint density at radius 1 is 0.660 bits per heavy atom. The number of carbonyl (C=O) groups excluding carboxylic acids is 2. The van der Waals surface area contributed by atoms with Crippen LogP contribution in [0.2, 0.25) is 0 Å². The van der Waals surface area contributed by atoms with Crippen molar-refractivity contribution in [2.24, 2.45) is 0 Å². The second kappa shape index (κ2) is 14.5. The minimum absolute atomic E-state index is 0.0451. The first kappa shape index (κ1) is 32.4. The van der Waals surface area contributed by atoms with Crippen LogP contribution in [0, 0.1) is 6.92 Å². The van der Waals surface area contributed by atoms with E-state index in [1.807, 2.05) is 67.3 Å². The Morgan fingerprint density at radius 2 is 1.09 bits per heavy atom. The van der Waals surface area contributed by atoms with E-state index >= 15 is 4.79 Å². The number of aryl methyl sites for hydroxylation is 1.